The Balaban J connectivity index is 1.00. The lowest BCUT2D eigenvalue weighted by molar-refractivity contribution is -0.142. The van der Waals surface area contributed by atoms with Gasteiger partial charge >= 0.3 is 5.97 Å². The Morgan fingerprint density at radius 2 is 1.63 bits per heavy atom. The van der Waals surface area contributed by atoms with Gasteiger partial charge in [-0.05, 0) is 113 Å². The van der Waals surface area contributed by atoms with Crippen LogP contribution in [-0.4, -0.2) is 58.6 Å². The smallest absolute Gasteiger partial charge is 0.326 e. The second kappa shape index (κ2) is 18.2. The number of ether oxygens (including phenoxy) is 4. The summed E-state index contributed by atoms with van der Waals surface area (Å²) in [4.78, 5) is 47.2. The van der Waals surface area contributed by atoms with Gasteiger partial charge in [-0.25, -0.2) is 4.79 Å². The summed E-state index contributed by atoms with van der Waals surface area (Å²) in [5, 5.41) is 14.0. The van der Waals surface area contributed by atoms with Crippen LogP contribution in [0, 0.1) is 13.8 Å². The zero-order chi connectivity index (χ0) is 43.5. The molecule has 2 amide bonds. The van der Waals surface area contributed by atoms with E-state index in [1.165, 1.54) is 12.0 Å². The minimum absolute atomic E-state index is 0.0355. The molecule has 0 spiro atoms. The molecule has 2 aliphatic heterocycles. The van der Waals surface area contributed by atoms with Crippen molar-refractivity contribution in [3.05, 3.63) is 170 Å². The van der Waals surface area contributed by atoms with Gasteiger partial charge < -0.3 is 34.3 Å². The Bertz CT molecular complexity index is 2650. The van der Waals surface area contributed by atoms with Gasteiger partial charge in [0.15, 0.2) is 17.6 Å². The van der Waals surface area contributed by atoms with Crippen LogP contribution >= 0.6 is 23.2 Å². The van der Waals surface area contributed by atoms with Crippen LogP contribution in [0.4, 0.5) is 0 Å². The van der Waals surface area contributed by atoms with E-state index in [9.17, 15) is 19.5 Å². The number of nitrogens with one attached hydrogen (secondary N) is 1. The summed E-state index contributed by atoms with van der Waals surface area (Å²) in [6.07, 6.45) is 1.48. The van der Waals surface area contributed by atoms with Crippen molar-refractivity contribution in [1.82, 2.24) is 15.2 Å². The first-order chi connectivity index (χ1) is 29.9. The number of aliphatic carboxylic acids is 1. The van der Waals surface area contributed by atoms with Crippen molar-refractivity contribution in [2.45, 2.75) is 58.0 Å². The summed E-state index contributed by atoms with van der Waals surface area (Å²) in [6, 6.07) is 30.7. The van der Waals surface area contributed by atoms with Crippen molar-refractivity contribution in [1.29, 1.82) is 0 Å². The number of aryl methyl sites for hydroxylation is 1. The molecule has 0 saturated carbocycles. The number of nitrogens with zero attached hydrogens (tertiary/aromatic N) is 2. The van der Waals surface area contributed by atoms with Gasteiger partial charge in [-0.2, -0.15) is 0 Å². The maximum absolute atomic E-state index is 14.4. The second-order valence-electron chi connectivity index (χ2n) is 15.3. The fraction of sp³-hybridized carbons (Fsp3) is 0.224. The average Bonchev–Trinajstić information content (AvgIpc) is 3.29. The molecule has 0 radical (unpaired) electrons. The Kier molecular flexibility index (Phi) is 12.4. The molecular weight excluding hydrogens is 829 g/mol. The fourth-order valence-electron chi connectivity index (χ4n) is 7.79. The molecule has 6 aromatic rings. The van der Waals surface area contributed by atoms with Crippen LogP contribution in [0.1, 0.15) is 55.5 Å². The molecule has 62 heavy (non-hydrogen) atoms. The maximum atomic E-state index is 14.4. The molecule has 316 valence electrons. The Morgan fingerprint density at radius 3 is 2.37 bits per heavy atom. The Labute approximate surface area is 369 Å². The number of methoxy groups -OCH3 is 1. The highest BCUT2D eigenvalue weighted by molar-refractivity contribution is 6.42. The third-order valence-corrected chi connectivity index (χ3v) is 12.1. The highest BCUT2D eigenvalue weighted by Gasteiger charge is 2.39. The minimum atomic E-state index is -1.26. The van der Waals surface area contributed by atoms with Gasteiger partial charge in [0.05, 0.1) is 22.7 Å². The zero-order valence-corrected chi connectivity index (χ0v) is 35.7. The molecule has 5 aromatic carbocycles. The number of aromatic nitrogens is 1. The van der Waals surface area contributed by atoms with Crippen LogP contribution in [0.25, 0.3) is 11.1 Å². The zero-order valence-electron chi connectivity index (χ0n) is 34.2. The van der Waals surface area contributed by atoms with Crippen LogP contribution in [0.15, 0.2) is 115 Å². The molecule has 8 rings (SSSR count). The second-order valence-corrected chi connectivity index (χ2v) is 16.1. The number of para-hydroxylation sites is 1. The van der Waals surface area contributed by atoms with E-state index in [0.717, 1.165) is 50.2 Å². The topological polar surface area (TPSA) is 137 Å². The molecule has 1 aromatic heterocycles. The number of rotatable bonds is 12. The molecule has 0 saturated heterocycles. The van der Waals surface area contributed by atoms with Gasteiger partial charge in [-0.1, -0.05) is 77.8 Å². The summed E-state index contributed by atoms with van der Waals surface area (Å²) in [5.41, 5.74) is 8.32. The van der Waals surface area contributed by atoms with E-state index in [2.05, 4.69) is 10.3 Å². The summed E-state index contributed by atoms with van der Waals surface area (Å²) in [7, 11) is 1.48. The first-order valence-corrected chi connectivity index (χ1v) is 20.8. The highest BCUT2D eigenvalue weighted by atomic mass is 35.5. The van der Waals surface area contributed by atoms with Crippen LogP contribution in [0.5, 0.6) is 23.0 Å². The van der Waals surface area contributed by atoms with Gasteiger partial charge in [0.1, 0.15) is 36.8 Å². The molecule has 0 bridgehead atoms. The number of carboxylic acids is 1. The van der Waals surface area contributed by atoms with E-state index < -0.39 is 36.0 Å². The van der Waals surface area contributed by atoms with E-state index in [1.807, 2.05) is 86.6 Å². The molecule has 3 heterocycles. The molecule has 11 nitrogen and oxygen atoms in total. The lowest BCUT2D eigenvalue weighted by Crippen LogP contribution is -2.56. The fourth-order valence-corrected chi connectivity index (χ4v) is 8.11. The molecule has 3 atom stereocenters. The number of carbonyl (C=O) groups is 3. The van der Waals surface area contributed by atoms with E-state index in [0.29, 0.717) is 39.7 Å². The number of halogens is 2. The number of benzene rings is 5. The van der Waals surface area contributed by atoms with E-state index in [-0.39, 0.29) is 31.6 Å². The average molecular weight is 873 g/mol. The third kappa shape index (κ3) is 9.05. The summed E-state index contributed by atoms with van der Waals surface area (Å²) < 4.78 is 24.2. The largest absolute Gasteiger partial charge is 0.496 e. The van der Waals surface area contributed by atoms with Crippen molar-refractivity contribution in [2.24, 2.45) is 0 Å². The standard InChI is InChI=1S/C49H43Cl2N3O8/c1-28-29(2)52-19-18-37(28)32-11-8-30(9-12-32)21-41(49(57)58)53-47(55)42-22-34-23-44-45(24-35(34)25-54(42)48(56)38-6-4-5-7-43(38)59-3)62-46(27-61-44)33-13-15-36(16-14-33)60-26-31-10-17-39(50)40(51)20-31/h4-20,23-24,41-42,46H,21-22,25-27H2,1-3H3,(H,53,55)(H,57,58)/t41?,42-,46+/m0/s1. The first-order valence-electron chi connectivity index (χ1n) is 20.1. The predicted octanol–water partition coefficient (Wildman–Crippen LogP) is 9.15. The Hall–Kier alpha value is -6.56. The molecule has 0 aliphatic carbocycles. The van der Waals surface area contributed by atoms with E-state index in [1.54, 1.807) is 42.6 Å². The number of pyridine rings is 1. The van der Waals surface area contributed by atoms with Crippen molar-refractivity contribution >= 4 is 41.0 Å². The number of hydrogen-bond donors (Lipinski definition) is 2. The summed E-state index contributed by atoms with van der Waals surface area (Å²) in [6.45, 7) is 4.57. The SMILES string of the molecule is COc1ccccc1C(=O)N1Cc2cc3c(cc2C[C@H]1C(=O)NC(Cc1ccc(-c2ccnc(C)c2C)cc1)C(=O)O)OC[C@H](c1ccc(OCc2ccc(Cl)c(Cl)c2)cc1)O3. The number of carboxylic acid groups (broad SMARTS) is 1. The van der Waals surface area contributed by atoms with Gasteiger partial charge in [0.2, 0.25) is 5.91 Å². The number of carbonyl (C=O) groups excluding carboxylic acids is 2. The lowest BCUT2D eigenvalue weighted by Gasteiger charge is -2.38. The van der Waals surface area contributed by atoms with Crippen LogP contribution in [0.3, 0.4) is 0 Å². The quantitative estimate of drug-likeness (QED) is 0.123. The number of amides is 2. The van der Waals surface area contributed by atoms with Gasteiger partial charge in [-0.3, -0.25) is 14.6 Å². The van der Waals surface area contributed by atoms with Crippen LogP contribution in [-0.2, 0) is 35.6 Å². The monoisotopic (exact) mass is 871 g/mol. The molecule has 2 aliphatic rings. The molecule has 13 heteroatoms. The first kappa shape index (κ1) is 42.1. The molecule has 2 N–H and O–H groups in total. The van der Waals surface area contributed by atoms with Crippen molar-refractivity contribution in [3.8, 4) is 34.1 Å². The predicted molar refractivity (Wildman–Crippen MR) is 235 cm³/mol. The summed E-state index contributed by atoms with van der Waals surface area (Å²) in [5.74, 6) is -0.201. The lowest BCUT2D eigenvalue weighted by atomic mass is 9.91. The molecular formula is C49H43Cl2N3O8. The van der Waals surface area contributed by atoms with Gasteiger partial charge in [0.25, 0.3) is 5.91 Å². The molecule has 1 unspecified atom stereocenters. The van der Waals surface area contributed by atoms with Crippen molar-refractivity contribution in [2.75, 3.05) is 13.7 Å². The van der Waals surface area contributed by atoms with Gasteiger partial charge in [0, 0.05) is 31.3 Å². The minimum Gasteiger partial charge on any atom is -0.496 e. The van der Waals surface area contributed by atoms with Gasteiger partial charge in [-0.15, -0.1) is 0 Å². The maximum Gasteiger partial charge on any atom is 0.326 e. The third-order valence-electron chi connectivity index (χ3n) is 11.4. The van der Waals surface area contributed by atoms with Crippen molar-refractivity contribution in [3.63, 3.8) is 0 Å². The number of hydrogen-bond acceptors (Lipinski definition) is 8. The van der Waals surface area contributed by atoms with E-state index in [4.69, 9.17) is 42.1 Å². The van der Waals surface area contributed by atoms with Crippen LogP contribution in [0.2, 0.25) is 10.0 Å². The van der Waals surface area contributed by atoms with Crippen molar-refractivity contribution < 1.29 is 38.4 Å². The number of fused-ring (bicyclic) bond motifs is 2. The molecule has 0 fully saturated rings. The normalized spacial score (nSPS) is 15.9. The highest BCUT2D eigenvalue weighted by Crippen LogP contribution is 2.41. The Morgan fingerprint density at radius 1 is 0.887 bits per heavy atom. The summed E-state index contributed by atoms with van der Waals surface area (Å²) >= 11 is 12.2. The van der Waals surface area contributed by atoms with E-state index >= 15 is 0 Å². The van der Waals surface area contributed by atoms with Crippen LogP contribution < -0.4 is 24.3 Å².